The van der Waals surface area contributed by atoms with Gasteiger partial charge in [-0.3, -0.25) is 19.2 Å². The molecule has 2 aromatic heterocycles. The van der Waals surface area contributed by atoms with Crippen molar-refractivity contribution >= 4 is 56.7 Å². The average Bonchev–Trinajstić information content (AvgIpc) is 3.71. The second kappa shape index (κ2) is 16.6. The van der Waals surface area contributed by atoms with Crippen LogP contribution in [0.5, 0.6) is 0 Å². The normalized spacial score (nSPS) is 23.0. The minimum atomic E-state index is -0.879. The van der Waals surface area contributed by atoms with Gasteiger partial charge >= 0.3 is 11.9 Å². The number of aryl methyl sites for hydroxylation is 2. The molecule has 48 heavy (non-hydrogen) atoms. The lowest BCUT2D eigenvalue weighted by atomic mass is 9.79. The Morgan fingerprint density at radius 1 is 0.646 bits per heavy atom. The summed E-state index contributed by atoms with van der Waals surface area (Å²) in [6.45, 7) is 4.01. The molecule has 6 rings (SSSR count). The molecule has 3 aliphatic rings. The minimum Gasteiger partial charge on any atom is -0.481 e. The number of carbonyl (C=O) groups is 4. The zero-order chi connectivity index (χ0) is 34.2. The third-order valence-electron chi connectivity index (χ3n) is 9.82. The van der Waals surface area contributed by atoms with Crippen LogP contribution in [0.2, 0.25) is 0 Å². The Balaban J connectivity index is 0.000000188. The molecule has 3 aromatic rings. The number of thiazole rings is 1. The van der Waals surface area contributed by atoms with E-state index in [2.05, 4.69) is 25.8 Å². The van der Waals surface area contributed by atoms with E-state index in [1.54, 1.807) is 0 Å². The highest BCUT2D eigenvalue weighted by atomic mass is 32.1. The number of aliphatic carboxylic acids is 2. The monoisotopic (exact) mass is 695 g/mol. The number of carboxylic acid groups (broad SMARTS) is 2. The summed E-state index contributed by atoms with van der Waals surface area (Å²) in [6.07, 6.45) is 12.0. The van der Waals surface area contributed by atoms with Crippen LogP contribution in [0.3, 0.4) is 0 Å². The van der Waals surface area contributed by atoms with Gasteiger partial charge in [-0.05, 0) is 52.4 Å². The maximum Gasteiger partial charge on any atom is 0.307 e. The maximum absolute atomic E-state index is 12.6. The summed E-state index contributed by atoms with van der Waals surface area (Å²) < 4.78 is 0. The van der Waals surface area contributed by atoms with E-state index in [-0.39, 0.29) is 11.8 Å². The second-order valence-corrected chi connectivity index (χ2v) is 15.4. The van der Waals surface area contributed by atoms with Gasteiger partial charge in [-0.15, -0.1) is 21.5 Å². The van der Waals surface area contributed by atoms with Gasteiger partial charge in [-0.2, -0.15) is 0 Å². The Hall–Kier alpha value is -3.71. The van der Waals surface area contributed by atoms with Crippen molar-refractivity contribution in [3.8, 4) is 11.3 Å². The van der Waals surface area contributed by atoms with Crippen molar-refractivity contribution in [1.29, 1.82) is 0 Å². The smallest absolute Gasteiger partial charge is 0.307 e. The molecule has 3 saturated carbocycles. The Morgan fingerprint density at radius 3 is 1.69 bits per heavy atom. The Labute approximate surface area is 289 Å². The number of rotatable bonds is 8. The van der Waals surface area contributed by atoms with Crippen LogP contribution in [0, 0.1) is 37.5 Å². The maximum atomic E-state index is 12.6. The number of anilines is 2. The van der Waals surface area contributed by atoms with Crippen LogP contribution in [0.15, 0.2) is 24.3 Å². The molecule has 4 atom stereocenters. The number of carboxylic acids is 2. The fourth-order valence-electron chi connectivity index (χ4n) is 7.11. The molecule has 4 N–H and O–H groups in total. The lowest BCUT2D eigenvalue weighted by Gasteiger charge is -2.26. The first-order valence-electron chi connectivity index (χ1n) is 17.1. The van der Waals surface area contributed by atoms with E-state index in [0.717, 1.165) is 59.7 Å². The molecule has 258 valence electrons. The van der Waals surface area contributed by atoms with E-state index in [9.17, 15) is 29.4 Å². The lowest BCUT2D eigenvalue weighted by molar-refractivity contribution is -0.148. The molecular formula is C35H45N5O6S2. The predicted molar refractivity (Wildman–Crippen MR) is 186 cm³/mol. The molecule has 2 heterocycles. The zero-order valence-corrected chi connectivity index (χ0v) is 29.2. The second-order valence-electron chi connectivity index (χ2n) is 13.2. The molecule has 0 spiro atoms. The van der Waals surface area contributed by atoms with Crippen LogP contribution in [0.25, 0.3) is 11.3 Å². The van der Waals surface area contributed by atoms with Crippen LogP contribution in [0.1, 0.15) is 105 Å². The molecule has 3 aliphatic carbocycles. The predicted octanol–water partition coefficient (Wildman–Crippen LogP) is 7.67. The highest BCUT2D eigenvalue weighted by Crippen LogP contribution is 2.37. The zero-order valence-electron chi connectivity index (χ0n) is 27.6. The van der Waals surface area contributed by atoms with Crippen molar-refractivity contribution < 1.29 is 29.4 Å². The van der Waals surface area contributed by atoms with Crippen molar-refractivity contribution in [2.45, 2.75) is 103 Å². The summed E-state index contributed by atoms with van der Waals surface area (Å²) in [4.78, 5) is 53.3. The summed E-state index contributed by atoms with van der Waals surface area (Å²) in [5.74, 6) is -3.82. The highest BCUT2D eigenvalue weighted by Gasteiger charge is 2.37. The summed E-state index contributed by atoms with van der Waals surface area (Å²) in [5, 5.41) is 34.6. The molecule has 11 nitrogen and oxygen atoms in total. The van der Waals surface area contributed by atoms with Gasteiger partial charge in [0.15, 0.2) is 5.13 Å². The van der Waals surface area contributed by atoms with Gasteiger partial charge in [-0.1, -0.05) is 86.1 Å². The van der Waals surface area contributed by atoms with Crippen molar-refractivity contribution in [2.24, 2.45) is 23.7 Å². The number of nitrogens with zero attached hydrogens (tertiary/aromatic N) is 3. The molecule has 0 aliphatic heterocycles. The third kappa shape index (κ3) is 9.04. The molecule has 2 amide bonds. The van der Waals surface area contributed by atoms with E-state index in [4.69, 9.17) is 0 Å². The quantitative estimate of drug-likeness (QED) is 0.185. The SMILES string of the molecule is Cc1ccc(-c2nc(NC(=O)C3CCCCC3C(=O)O)sc2C)cc1.O=C(O)C1CCCCC1C(=O)Nc1nnc(C2CCCCC2)s1. The lowest BCUT2D eigenvalue weighted by Crippen LogP contribution is -2.36. The molecule has 13 heteroatoms. The number of hydrogen-bond donors (Lipinski definition) is 4. The van der Waals surface area contributed by atoms with E-state index in [0.29, 0.717) is 41.9 Å². The minimum absolute atomic E-state index is 0.219. The van der Waals surface area contributed by atoms with E-state index in [1.807, 2.05) is 38.1 Å². The van der Waals surface area contributed by atoms with Gasteiger partial charge < -0.3 is 20.8 Å². The van der Waals surface area contributed by atoms with Crippen LogP contribution >= 0.6 is 22.7 Å². The number of nitrogens with one attached hydrogen (secondary N) is 2. The number of hydrogen-bond acceptors (Lipinski definition) is 9. The fourth-order valence-corrected chi connectivity index (χ4v) is 8.86. The molecule has 0 bridgehead atoms. The van der Waals surface area contributed by atoms with Gasteiger partial charge in [0.1, 0.15) is 5.01 Å². The number of carbonyl (C=O) groups excluding carboxylic acids is 2. The first-order chi connectivity index (χ1) is 23.1. The molecule has 0 radical (unpaired) electrons. The van der Waals surface area contributed by atoms with Gasteiger partial charge in [0.2, 0.25) is 16.9 Å². The standard InChI is InChI=1S/C19H22N2O3S.C16H23N3O3S/c1-11-7-9-13(10-8-11)16-12(2)25-19(20-16)21-17(22)14-5-3-4-6-15(14)18(23)24;20-13(11-8-4-5-9-12(11)15(21)22)17-16-19-18-14(23-16)10-6-2-1-3-7-10/h7-10,14-15H,3-6H2,1-2H3,(H,23,24)(H,20,21,22);10-12H,1-9H2,(H,21,22)(H,17,19,20). The van der Waals surface area contributed by atoms with Crippen molar-refractivity contribution in [3.63, 3.8) is 0 Å². The summed E-state index contributed by atoms with van der Waals surface area (Å²) in [7, 11) is 0. The topological polar surface area (TPSA) is 171 Å². The van der Waals surface area contributed by atoms with Crippen molar-refractivity contribution in [2.75, 3.05) is 10.6 Å². The van der Waals surface area contributed by atoms with Crippen LogP contribution in [-0.4, -0.2) is 49.1 Å². The molecule has 0 saturated heterocycles. The van der Waals surface area contributed by atoms with E-state index in [1.165, 1.54) is 47.5 Å². The Morgan fingerprint density at radius 2 is 1.15 bits per heavy atom. The summed E-state index contributed by atoms with van der Waals surface area (Å²) >= 11 is 2.86. The average molecular weight is 696 g/mol. The van der Waals surface area contributed by atoms with Gasteiger partial charge in [-0.25, -0.2) is 4.98 Å². The van der Waals surface area contributed by atoms with Gasteiger partial charge in [0.05, 0.1) is 29.4 Å². The first-order valence-corrected chi connectivity index (χ1v) is 18.7. The molecule has 4 unspecified atom stereocenters. The van der Waals surface area contributed by atoms with E-state index >= 15 is 0 Å². The van der Waals surface area contributed by atoms with Gasteiger partial charge in [0, 0.05) is 16.4 Å². The fraction of sp³-hybridized carbons (Fsp3) is 0.571. The Bertz CT molecular complexity index is 1580. The molecule has 3 fully saturated rings. The van der Waals surface area contributed by atoms with E-state index < -0.39 is 35.6 Å². The summed E-state index contributed by atoms with van der Waals surface area (Å²) in [5.41, 5.74) is 3.06. The van der Waals surface area contributed by atoms with Crippen LogP contribution in [0.4, 0.5) is 10.3 Å². The Kier molecular flexibility index (Phi) is 12.3. The number of aromatic nitrogens is 3. The largest absolute Gasteiger partial charge is 0.481 e. The van der Waals surface area contributed by atoms with Gasteiger partial charge in [0.25, 0.3) is 0 Å². The van der Waals surface area contributed by atoms with Crippen molar-refractivity contribution in [1.82, 2.24) is 15.2 Å². The summed E-state index contributed by atoms with van der Waals surface area (Å²) in [6, 6.07) is 8.10. The van der Waals surface area contributed by atoms with Crippen LogP contribution < -0.4 is 10.6 Å². The molecular weight excluding hydrogens is 651 g/mol. The third-order valence-corrected chi connectivity index (χ3v) is 11.7. The number of benzene rings is 1. The van der Waals surface area contributed by atoms with Crippen molar-refractivity contribution in [3.05, 3.63) is 39.7 Å². The highest BCUT2D eigenvalue weighted by molar-refractivity contribution is 7.16. The number of amides is 2. The molecule has 1 aromatic carbocycles. The first kappa shape index (κ1) is 35.6. The van der Waals surface area contributed by atoms with Crippen LogP contribution in [-0.2, 0) is 19.2 Å².